The molecule has 2 aromatic rings. The standard InChI is InChI=1S/C19H21ClN2O3S/c20-15-8-4-3-7-14(15)16-12-26-19(21-16)22-17(23)11-25-18(24)10-9-13-5-1-2-6-13/h3-4,7-8,12-13H,1-2,5-6,9-11H2,(H,21,22,23). The summed E-state index contributed by atoms with van der Waals surface area (Å²) >= 11 is 7.46. The lowest BCUT2D eigenvalue weighted by molar-refractivity contribution is -0.147. The van der Waals surface area contributed by atoms with Crippen LogP contribution in [0.1, 0.15) is 38.5 Å². The molecule has 1 fully saturated rings. The lowest BCUT2D eigenvalue weighted by atomic mass is 10.0. The van der Waals surface area contributed by atoms with Gasteiger partial charge in [0.2, 0.25) is 0 Å². The number of carbonyl (C=O) groups is 2. The summed E-state index contributed by atoms with van der Waals surface area (Å²) in [6.07, 6.45) is 6.15. The fraction of sp³-hybridized carbons (Fsp3) is 0.421. The van der Waals surface area contributed by atoms with Gasteiger partial charge in [-0.3, -0.25) is 14.9 Å². The van der Waals surface area contributed by atoms with Crippen molar-refractivity contribution in [2.45, 2.75) is 38.5 Å². The van der Waals surface area contributed by atoms with Crippen LogP contribution in [0.2, 0.25) is 5.02 Å². The summed E-state index contributed by atoms with van der Waals surface area (Å²) in [5, 5.41) is 5.53. The molecule has 0 aliphatic heterocycles. The Balaban J connectivity index is 1.43. The average Bonchev–Trinajstić information content (AvgIpc) is 3.30. The number of amides is 1. The molecule has 0 unspecified atom stereocenters. The van der Waals surface area contributed by atoms with Crippen LogP contribution in [0, 0.1) is 5.92 Å². The number of hydrogen-bond donors (Lipinski definition) is 1. The van der Waals surface area contributed by atoms with Crippen LogP contribution in [0.3, 0.4) is 0 Å². The highest BCUT2D eigenvalue weighted by Gasteiger charge is 2.17. The first-order chi connectivity index (χ1) is 12.6. The molecule has 1 heterocycles. The van der Waals surface area contributed by atoms with Gasteiger partial charge in [-0.15, -0.1) is 11.3 Å². The smallest absolute Gasteiger partial charge is 0.306 e. The van der Waals surface area contributed by atoms with E-state index in [0.717, 1.165) is 12.0 Å². The van der Waals surface area contributed by atoms with E-state index in [1.54, 1.807) is 6.07 Å². The Labute approximate surface area is 161 Å². The van der Waals surface area contributed by atoms with Gasteiger partial charge in [-0.25, -0.2) is 4.98 Å². The number of halogens is 1. The van der Waals surface area contributed by atoms with Gasteiger partial charge < -0.3 is 4.74 Å². The first-order valence-corrected chi connectivity index (χ1v) is 10.0. The van der Waals surface area contributed by atoms with E-state index in [0.29, 0.717) is 28.2 Å². The quantitative estimate of drug-likeness (QED) is 0.679. The van der Waals surface area contributed by atoms with E-state index in [2.05, 4.69) is 10.3 Å². The molecule has 1 aliphatic carbocycles. The summed E-state index contributed by atoms with van der Waals surface area (Å²) in [5.41, 5.74) is 1.51. The minimum absolute atomic E-state index is 0.287. The highest BCUT2D eigenvalue weighted by Crippen LogP contribution is 2.30. The van der Waals surface area contributed by atoms with Crippen LogP contribution >= 0.6 is 22.9 Å². The summed E-state index contributed by atoms with van der Waals surface area (Å²) in [5.74, 6) is -0.0721. The van der Waals surface area contributed by atoms with Gasteiger partial charge >= 0.3 is 5.97 Å². The van der Waals surface area contributed by atoms with E-state index in [1.807, 2.05) is 23.6 Å². The Hall–Kier alpha value is -1.92. The molecule has 1 aromatic carbocycles. The Kier molecular flexibility index (Phi) is 6.63. The maximum Gasteiger partial charge on any atom is 0.306 e. The van der Waals surface area contributed by atoms with Crippen LogP contribution < -0.4 is 5.32 Å². The van der Waals surface area contributed by atoms with Gasteiger partial charge in [0.15, 0.2) is 11.7 Å². The lowest BCUT2D eigenvalue weighted by Gasteiger charge is -2.08. The second-order valence-electron chi connectivity index (χ2n) is 6.42. The van der Waals surface area contributed by atoms with Gasteiger partial charge in [0.1, 0.15) is 0 Å². The molecule has 0 spiro atoms. The average molecular weight is 393 g/mol. The van der Waals surface area contributed by atoms with Crippen LogP contribution in [-0.4, -0.2) is 23.5 Å². The maximum atomic E-state index is 11.9. The van der Waals surface area contributed by atoms with Gasteiger partial charge in [0.05, 0.1) is 5.69 Å². The number of carbonyl (C=O) groups excluding carboxylic acids is 2. The molecule has 1 amide bonds. The topological polar surface area (TPSA) is 68.3 Å². The normalized spacial score (nSPS) is 14.3. The molecule has 0 bridgehead atoms. The molecule has 0 saturated heterocycles. The molecule has 1 aromatic heterocycles. The Morgan fingerprint density at radius 3 is 2.81 bits per heavy atom. The fourth-order valence-corrected chi connectivity index (χ4v) is 4.08. The first-order valence-electron chi connectivity index (χ1n) is 8.77. The molecule has 1 N–H and O–H groups in total. The zero-order valence-corrected chi connectivity index (χ0v) is 15.9. The van der Waals surface area contributed by atoms with E-state index >= 15 is 0 Å². The number of esters is 1. The largest absolute Gasteiger partial charge is 0.456 e. The molecule has 1 aliphatic rings. The second-order valence-corrected chi connectivity index (χ2v) is 7.68. The first kappa shape index (κ1) is 18.9. The van der Waals surface area contributed by atoms with E-state index in [-0.39, 0.29) is 18.5 Å². The van der Waals surface area contributed by atoms with E-state index in [9.17, 15) is 9.59 Å². The van der Waals surface area contributed by atoms with Gasteiger partial charge in [0, 0.05) is 22.4 Å². The molecule has 0 atom stereocenters. The number of benzene rings is 1. The Morgan fingerprint density at radius 1 is 1.27 bits per heavy atom. The third-order valence-corrected chi connectivity index (χ3v) is 5.58. The van der Waals surface area contributed by atoms with Crippen LogP contribution in [0.15, 0.2) is 29.6 Å². The van der Waals surface area contributed by atoms with Crippen molar-refractivity contribution < 1.29 is 14.3 Å². The van der Waals surface area contributed by atoms with Gasteiger partial charge in [-0.2, -0.15) is 0 Å². The minimum atomic E-state index is -0.390. The number of anilines is 1. The second kappa shape index (κ2) is 9.14. The highest BCUT2D eigenvalue weighted by atomic mass is 35.5. The van der Waals surface area contributed by atoms with Crippen molar-refractivity contribution in [2.75, 3.05) is 11.9 Å². The summed E-state index contributed by atoms with van der Waals surface area (Å²) in [6, 6.07) is 7.39. The van der Waals surface area contributed by atoms with Crippen molar-refractivity contribution >= 4 is 39.9 Å². The van der Waals surface area contributed by atoms with Crippen molar-refractivity contribution in [3.63, 3.8) is 0 Å². The zero-order chi connectivity index (χ0) is 18.4. The summed E-state index contributed by atoms with van der Waals surface area (Å²) in [7, 11) is 0. The molecule has 7 heteroatoms. The van der Waals surface area contributed by atoms with Crippen LogP contribution in [0.5, 0.6) is 0 Å². The molecular formula is C19H21ClN2O3S. The van der Waals surface area contributed by atoms with E-state index < -0.39 is 0 Å². The number of aromatic nitrogens is 1. The highest BCUT2D eigenvalue weighted by molar-refractivity contribution is 7.14. The van der Waals surface area contributed by atoms with E-state index in [1.165, 1.54) is 37.0 Å². The van der Waals surface area contributed by atoms with Crippen LogP contribution in [0.4, 0.5) is 5.13 Å². The third kappa shape index (κ3) is 5.29. The molecule has 1 saturated carbocycles. The summed E-state index contributed by atoms with van der Waals surface area (Å²) < 4.78 is 5.05. The number of ether oxygens (including phenoxy) is 1. The SMILES string of the molecule is O=C(COC(=O)CCC1CCCC1)Nc1nc(-c2ccccc2Cl)cs1. The number of rotatable bonds is 7. The summed E-state index contributed by atoms with van der Waals surface area (Å²) in [6.45, 7) is -0.287. The Bertz CT molecular complexity index is 772. The predicted octanol–water partition coefficient (Wildman–Crippen LogP) is 4.92. The van der Waals surface area contributed by atoms with Gasteiger partial charge in [-0.05, 0) is 18.4 Å². The molecule has 138 valence electrons. The van der Waals surface area contributed by atoms with Crippen molar-refractivity contribution in [3.05, 3.63) is 34.7 Å². The summed E-state index contributed by atoms with van der Waals surface area (Å²) in [4.78, 5) is 28.1. The number of nitrogens with zero attached hydrogens (tertiary/aromatic N) is 1. The van der Waals surface area contributed by atoms with Gasteiger partial charge in [0.25, 0.3) is 5.91 Å². The fourth-order valence-electron chi connectivity index (χ4n) is 3.12. The van der Waals surface area contributed by atoms with E-state index in [4.69, 9.17) is 16.3 Å². The van der Waals surface area contributed by atoms with Crippen molar-refractivity contribution in [1.29, 1.82) is 0 Å². The minimum Gasteiger partial charge on any atom is -0.456 e. The molecule has 3 rings (SSSR count). The zero-order valence-electron chi connectivity index (χ0n) is 14.4. The monoisotopic (exact) mass is 392 g/mol. The van der Waals surface area contributed by atoms with Crippen LogP contribution in [0.25, 0.3) is 11.3 Å². The van der Waals surface area contributed by atoms with Crippen molar-refractivity contribution in [1.82, 2.24) is 4.98 Å². The predicted molar refractivity (Wildman–Crippen MR) is 103 cm³/mol. The van der Waals surface area contributed by atoms with Crippen LogP contribution in [-0.2, 0) is 14.3 Å². The Morgan fingerprint density at radius 2 is 2.04 bits per heavy atom. The van der Waals surface area contributed by atoms with Crippen molar-refractivity contribution in [2.24, 2.45) is 5.92 Å². The van der Waals surface area contributed by atoms with Crippen molar-refractivity contribution in [3.8, 4) is 11.3 Å². The third-order valence-electron chi connectivity index (χ3n) is 4.50. The molecule has 5 nitrogen and oxygen atoms in total. The molecule has 26 heavy (non-hydrogen) atoms. The molecule has 0 radical (unpaired) electrons. The number of nitrogens with one attached hydrogen (secondary N) is 1. The lowest BCUT2D eigenvalue weighted by Crippen LogP contribution is -2.21. The number of thiazole rings is 1. The molecular weight excluding hydrogens is 372 g/mol. The maximum absolute atomic E-state index is 11.9. The van der Waals surface area contributed by atoms with Gasteiger partial charge in [-0.1, -0.05) is 55.5 Å². The number of hydrogen-bond acceptors (Lipinski definition) is 5.